The molecule has 0 unspecified atom stereocenters. The number of hydrogen-bond acceptors (Lipinski definition) is 6. The van der Waals surface area contributed by atoms with E-state index < -0.39 is 0 Å². The molecule has 0 atom stereocenters. The lowest BCUT2D eigenvalue weighted by Crippen LogP contribution is -1.99. The smallest absolute Gasteiger partial charge is 0.231 e. The summed E-state index contributed by atoms with van der Waals surface area (Å²) in [6.07, 6.45) is 3.93. The summed E-state index contributed by atoms with van der Waals surface area (Å²) in [6, 6.07) is 9.52. The Hall–Kier alpha value is -2.89. The highest BCUT2D eigenvalue weighted by Gasteiger charge is 2.11. The maximum atomic E-state index is 5.64. The van der Waals surface area contributed by atoms with Gasteiger partial charge < -0.3 is 14.0 Å². The standard InChI is InChI=1S/C18H19N3O3/c1-3-22-15-6-5-13(11-16(15)23-4-2)12-17-20-18(21-24-17)14-7-9-19-10-8-14/h5-11H,3-4,12H2,1-2H3. The van der Waals surface area contributed by atoms with E-state index in [9.17, 15) is 0 Å². The van der Waals surface area contributed by atoms with E-state index in [4.69, 9.17) is 14.0 Å². The minimum Gasteiger partial charge on any atom is -0.490 e. The highest BCUT2D eigenvalue weighted by molar-refractivity contribution is 5.52. The highest BCUT2D eigenvalue weighted by Crippen LogP contribution is 2.29. The van der Waals surface area contributed by atoms with Gasteiger partial charge in [0.05, 0.1) is 19.6 Å². The minimum atomic E-state index is 0.532. The van der Waals surface area contributed by atoms with Crippen molar-refractivity contribution < 1.29 is 14.0 Å². The zero-order valence-corrected chi connectivity index (χ0v) is 13.7. The van der Waals surface area contributed by atoms with Gasteiger partial charge in [0.1, 0.15) is 0 Å². The van der Waals surface area contributed by atoms with Crippen molar-refractivity contribution in [2.24, 2.45) is 0 Å². The zero-order valence-electron chi connectivity index (χ0n) is 13.7. The Kier molecular flexibility index (Phi) is 5.05. The number of nitrogens with zero attached hydrogens (tertiary/aromatic N) is 3. The normalized spacial score (nSPS) is 10.6. The summed E-state index contributed by atoms with van der Waals surface area (Å²) in [7, 11) is 0. The number of pyridine rings is 1. The van der Waals surface area contributed by atoms with Crippen molar-refractivity contribution >= 4 is 0 Å². The lowest BCUT2D eigenvalue weighted by molar-refractivity contribution is 0.287. The molecule has 0 N–H and O–H groups in total. The van der Waals surface area contributed by atoms with Gasteiger partial charge >= 0.3 is 0 Å². The summed E-state index contributed by atoms with van der Waals surface area (Å²) in [5.74, 6) is 2.58. The SMILES string of the molecule is CCOc1ccc(Cc2nc(-c3ccncc3)no2)cc1OCC. The number of rotatable bonds is 7. The molecule has 0 spiro atoms. The van der Waals surface area contributed by atoms with Crippen molar-refractivity contribution in [3.8, 4) is 22.9 Å². The molecule has 6 nitrogen and oxygen atoms in total. The molecule has 24 heavy (non-hydrogen) atoms. The van der Waals surface area contributed by atoms with Crippen LogP contribution < -0.4 is 9.47 Å². The highest BCUT2D eigenvalue weighted by atomic mass is 16.5. The number of ether oxygens (including phenoxy) is 2. The lowest BCUT2D eigenvalue weighted by Gasteiger charge is -2.11. The molecular weight excluding hydrogens is 306 g/mol. The first-order chi connectivity index (χ1) is 11.8. The molecule has 0 radical (unpaired) electrons. The molecule has 0 saturated carbocycles. The van der Waals surface area contributed by atoms with Crippen LogP contribution in [0.2, 0.25) is 0 Å². The summed E-state index contributed by atoms with van der Waals surface area (Å²) in [4.78, 5) is 8.42. The maximum Gasteiger partial charge on any atom is 0.231 e. The minimum absolute atomic E-state index is 0.532. The Balaban J connectivity index is 1.79. The Morgan fingerprint density at radius 2 is 1.71 bits per heavy atom. The van der Waals surface area contributed by atoms with Gasteiger partial charge in [0, 0.05) is 18.0 Å². The van der Waals surface area contributed by atoms with Crippen LogP contribution in [0, 0.1) is 0 Å². The summed E-state index contributed by atoms with van der Waals surface area (Å²) in [6.45, 7) is 5.07. The second-order valence-corrected chi connectivity index (χ2v) is 5.07. The molecule has 1 aromatic carbocycles. The fraction of sp³-hybridized carbons (Fsp3) is 0.278. The molecule has 0 bridgehead atoms. The molecule has 2 heterocycles. The van der Waals surface area contributed by atoms with Gasteiger partial charge in [-0.1, -0.05) is 11.2 Å². The van der Waals surface area contributed by atoms with E-state index in [-0.39, 0.29) is 0 Å². The number of benzene rings is 1. The van der Waals surface area contributed by atoms with E-state index in [1.54, 1.807) is 12.4 Å². The Bertz CT molecular complexity index is 787. The van der Waals surface area contributed by atoms with Crippen LogP contribution in [0.1, 0.15) is 25.3 Å². The average molecular weight is 325 g/mol. The van der Waals surface area contributed by atoms with Gasteiger partial charge in [-0.25, -0.2) is 0 Å². The van der Waals surface area contributed by atoms with E-state index >= 15 is 0 Å². The Labute approximate surface area is 140 Å². The quantitative estimate of drug-likeness (QED) is 0.662. The first-order valence-corrected chi connectivity index (χ1v) is 7.91. The first-order valence-electron chi connectivity index (χ1n) is 7.91. The van der Waals surface area contributed by atoms with Crippen molar-refractivity contribution in [1.29, 1.82) is 0 Å². The lowest BCUT2D eigenvalue weighted by atomic mass is 10.1. The predicted molar refractivity (Wildman–Crippen MR) is 89.1 cm³/mol. The fourth-order valence-electron chi connectivity index (χ4n) is 2.33. The molecule has 3 aromatic rings. The molecule has 3 rings (SSSR count). The van der Waals surface area contributed by atoms with Crippen LogP contribution >= 0.6 is 0 Å². The van der Waals surface area contributed by atoms with Crippen molar-refractivity contribution in [1.82, 2.24) is 15.1 Å². The van der Waals surface area contributed by atoms with Crippen LogP contribution in [0.25, 0.3) is 11.4 Å². The average Bonchev–Trinajstić information content (AvgIpc) is 3.07. The van der Waals surface area contributed by atoms with Gasteiger partial charge in [-0.2, -0.15) is 4.98 Å². The Morgan fingerprint density at radius 1 is 0.958 bits per heavy atom. The predicted octanol–water partition coefficient (Wildman–Crippen LogP) is 3.52. The number of aromatic nitrogens is 3. The third-order valence-corrected chi connectivity index (χ3v) is 3.37. The first kappa shape index (κ1) is 16.0. The second-order valence-electron chi connectivity index (χ2n) is 5.07. The maximum absolute atomic E-state index is 5.64. The van der Waals surface area contributed by atoms with Gasteiger partial charge in [0.15, 0.2) is 11.5 Å². The zero-order chi connectivity index (χ0) is 16.8. The molecule has 0 aliphatic carbocycles. The molecule has 124 valence electrons. The summed E-state index contributed by atoms with van der Waals surface area (Å²) < 4.78 is 16.6. The molecular formula is C18H19N3O3. The van der Waals surface area contributed by atoms with Crippen LogP contribution in [-0.4, -0.2) is 28.3 Å². The van der Waals surface area contributed by atoms with Crippen LogP contribution in [0.4, 0.5) is 0 Å². The van der Waals surface area contributed by atoms with E-state index in [2.05, 4.69) is 15.1 Å². The monoisotopic (exact) mass is 325 g/mol. The molecule has 0 fully saturated rings. The van der Waals surface area contributed by atoms with Gasteiger partial charge in [-0.3, -0.25) is 4.98 Å². The third kappa shape index (κ3) is 3.71. The van der Waals surface area contributed by atoms with Crippen LogP contribution in [0.3, 0.4) is 0 Å². The van der Waals surface area contributed by atoms with E-state index in [0.29, 0.717) is 31.3 Å². The Morgan fingerprint density at radius 3 is 2.46 bits per heavy atom. The van der Waals surface area contributed by atoms with Crippen LogP contribution in [-0.2, 0) is 6.42 Å². The van der Waals surface area contributed by atoms with E-state index in [1.165, 1.54) is 0 Å². The van der Waals surface area contributed by atoms with E-state index in [1.807, 2.05) is 44.2 Å². The summed E-state index contributed by atoms with van der Waals surface area (Å²) in [5.41, 5.74) is 1.90. The van der Waals surface area contributed by atoms with Crippen molar-refractivity contribution in [2.45, 2.75) is 20.3 Å². The third-order valence-electron chi connectivity index (χ3n) is 3.37. The van der Waals surface area contributed by atoms with Gasteiger partial charge in [-0.05, 0) is 43.7 Å². The summed E-state index contributed by atoms with van der Waals surface area (Å²) in [5, 5.41) is 4.02. The summed E-state index contributed by atoms with van der Waals surface area (Å²) >= 11 is 0. The topological polar surface area (TPSA) is 70.3 Å². The molecule has 0 amide bonds. The van der Waals surface area contributed by atoms with Crippen LogP contribution in [0.5, 0.6) is 11.5 Å². The molecule has 0 saturated heterocycles. The molecule has 6 heteroatoms. The van der Waals surface area contributed by atoms with Crippen molar-refractivity contribution in [3.63, 3.8) is 0 Å². The number of hydrogen-bond donors (Lipinski definition) is 0. The van der Waals surface area contributed by atoms with Gasteiger partial charge in [-0.15, -0.1) is 0 Å². The second kappa shape index (κ2) is 7.59. The van der Waals surface area contributed by atoms with Crippen LogP contribution in [0.15, 0.2) is 47.2 Å². The van der Waals surface area contributed by atoms with Gasteiger partial charge in [0.25, 0.3) is 0 Å². The molecule has 2 aromatic heterocycles. The largest absolute Gasteiger partial charge is 0.490 e. The van der Waals surface area contributed by atoms with E-state index in [0.717, 1.165) is 22.6 Å². The molecule has 0 aliphatic heterocycles. The van der Waals surface area contributed by atoms with Crippen molar-refractivity contribution in [3.05, 3.63) is 54.2 Å². The molecule has 0 aliphatic rings. The van der Waals surface area contributed by atoms with Crippen molar-refractivity contribution in [2.75, 3.05) is 13.2 Å². The fourth-order valence-corrected chi connectivity index (χ4v) is 2.33. The van der Waals surface area contributed by atoms with Gasteiger partial charge in [0.2, 0.25) is 11.7 Å².